The van der Waals surface area contributed by atoms with E-state index >= 15 is 0 Å². The number of halogens is 1. The molecule has 0 saturated heterocycles. The van der Waals surface area contributed by atoms with E-state index in [1.54, 1.807) is 23.1 Å². The van der Waals surface area contributed by atoms with Gasteiger partial charge in [0, 0.05) is 23.8 Å². The van der Waals surface area contributed by atoms with Gasteiger partial charge in [0.1, 0.15) is 5.82 Å². The molecule has 4 nitrogen and oxygen atoms in total. The summed E-state index contributed by atoms with van der Waals surface area (Å²) in [6.45, 7) is 0. The van der Waals surface area contributed by atoms with Crippen LogP contribution in [0.5, 0.6) is 0 Å². The van der Waals surface area contributed by atoms with Crippen molar-refractivity contribution in [1.29, 1.82) is 0 Å². The molecular formula is C15H16FN3OS2. The van der Waals surface area contributed by atoms with Gasteiger partial charge in [0.05, 0.1) is 0 Å². The van der Waals surface area contributed by atoms with E-state index in [0.717, 1.165) is 21.6 Å². The molecule has 1 fully saturated rings. The Morgan fingerprint density at radius 2 is 2.09 bits per heavy atom. The molecule has 22 heavy (non-hydrogen) atoms. The van der Waals surface area contributed by atoms with Gasteiger partial charge in [-0.05, 0) is 43.5 Å². The van der Waals surface area contributed by atoms with Crippen molar-refractivity contribution in [3.63, 3.8) is 0 Å². The summed E-state index contributed by atoms with van der Waals surface area (Å²) >= 11 is 3.18. The Morgan fingerprint density at radius 1 is 1.32 bits per heavy atom. The molecule has 0 spiro atoms. The lowest BCUT2D eigenvalue weighted by Gasteiger charge is -2.00. The Kier molecular flexibility index (Phi) is 5.04. The summed E-state index contributed by atoms with van der Waals surface area (Å²) < 4.78 is 13.7. The Labute approximate surface area is 136 Å². The molecule has 116 valence electrons. The van der Waals surface area contributed by atoms with Crippen molar-refractivity contribution in [2.24, 2.45) is 0 Å². The minimum atomic E-state index is -0.320. The lowest BCUT2D eigenvalue weighted by molar-refractivity contribution is 0.0982. The molecule has 1 aliphatic rings. The van der Waals surface area contributed by atoms with Gasteiger partial charge in [0.2, 0.25) is 5.13 Å². The smallest absolute Gasteiger partial charge is 0.206 e. The van der Waals surface area contributed by atoms with E-state index in [2.05, 4.69) is 15.5 Å². The van der Waals surface area contributed by atoms with Crippen LogP contribution in [-0.4, -0.2) is 27.8 Å². The summed E-state index contributed by atoms with van der Waals surface area (Å²) in [7, 11) is 0. The van der Waals surface area contributed by atoms with Crippen molar-refractivity contribution in [3.8, 4) is 0 Å². The number of ketones is 1. The number of anilines is 1. The van der Waals surface area contributed by atoms with Crippen molar-refractivity contribution in [2.75, 3.05) is 11.1 Å². The summed E-state index contributed by atoms with van der Waals surface area (Å²) in [6, 6.07) is 6.28. The van der Waals surface area contributed by atoms with Crippen LogP contribution < -0.4 is 5.32 Å². The number of rotatable bonds is 8. The summed E-state index contributed by atoms with van der Waals surface area (Å²) in [4.78, 5) is 11.9. The number of thioether (sulfide) groups is 1. The van der Waals surface area contributed by atoms with Gasteiger partial charge in [-0.3, -0.25) is 4.79 Å². The fourth-order valence-corrected chi connectivity index (χ4v) is 3.74. The summed E-state index contributed by atoms with van der Waals surface area (Å²) in [5, 5.41) is 12.4. The molecule has 1 N–H and O–H groups in total. The molecule has 1 aromatic carbocycles. The first-order valence-corrected chi connectivity index (χ1v) is 9.02. The Bertz CT molecular complexity index is 640. The lowest BCUT2D eigenvalue weighted by atomic mass is 10.1. The molecule has 0 bridgehead atoms. The molecule has 1 heterocycles. The van der Waals surface area contributed by atoms with Crippen LogP contribution in [0.4, 0.5) is 9.52 Å². The standard InChI is InChI=1S/C15H16FN3OS2/c16-11-5-3-10(4-6-11)13(20)2-1-9-21-15-19-18-14(22-15)17-12-7-8-12/h3-6,12H,1-2,7-9H2,(H,17,18). The van der Waals surface area contributed by atoms with Crippen molar-refractivity contribution >= 4 is 34.0 Å². The molecule has 7 heteroatoms. The fraction of sp³-hybridized carbons (Fsp3) is 0.400. The SMILES string of the molecule is O=C(CCCSc1nnc(NC2CC2)s1)c1ccc(F)cc1. The summed E-state index contributed by atoms with van der Waals surface area (Å²) in [5.41, 5.74) is 0.568. The van der Waals surface area contributed by atoms with Crippen LogP contribution in [0.15, 0.2) is 28.6 Å². The summed E-state index contributed by atoms with van der Waals surface area (Å²) in [6.07, 6.45) is 3.66. The quantitative estimate of drug-likeness (QED) is 0.448. The first kappa shape index (κ1) is 15.4. The number of carbonyl (C=O) groups is 1. The maximum absolute atomic E-state index is 12.8. The second kappa shape index (κ2) is 7.19. The number of nitrogens with zero attached hydrogens (tertiary/aromatic N) is 2. The molecule has 0 atom stereocenters. The van der Waals surface area contributed by atoms with Crippen molar-refractivity contribution in [1.82, 2.24) is 10.2 Å². The van der Waals surface area contributed by atoms with Crippen LogP contribution >= 0.6 is 23.1 Å². The van der Waals surface area contributed by atoms with Crippen LogP contribution in [-0.2, 0) is 0 Å². The number of Topliss-reactive ketones (excluding diaryl/α,β-unsaturated/α-hetero) is 1. The van der Waals surface area contributed by atoms with E-state index in [4.69, 9.17) is 0 Å². The molecule has 0 aliphatic heterocycles. The minimum Gasteiger partial charge on any atom is -0.357 e. The molecule has 1 saturated carbocycles. The van der Waals surface area contributed by atoms with Gasteiger partial charge >= 0.3 is 0 Å². The van der Waals surface area contributed by atoms with Gasteiger partial charge < -0.3 is 5.32 Å². The van der Waals surface area contributed by atoms with Crippen LogP contribution in [0.3, 0.4) is 0 Å². The van der Waals surface area contributed by atoms with Gasteiger partial charge in [-0.25, -0.2) is 4.39 Å². The minimum absolute atomic E-state index is 0.0500. The third kappa shape index (κ3) is 4.51. The zero-order valence-electron chi connectivity index (χ0n) is 11.9. The average molecular weight is 337 g/mol. The van der Waals surface area contributed by atoms with E-state index in [0.29, 0.717) is 18.0 Å². The highest BCUT2D eigenvalue weighted by Gasteiger charge is 2.22. The first-order valence-electron chi connectivity index (χ1n) is 7.22. The molecule has 0 radical (unpaired) electrons. The number of aromatic nitrogens is 2. The lowest BCUT2D eigenvalue weighted by Crippen LogP contribution is -1.99. The van der Waals surface area contributed by atoms with E-state index in [1.807, 2.05) is 0 Å². The van der Waals surface area contributed by atoms with E-state index in [-0.39, 0.29) is 11.6 Å². The number of nitrogens with one attached hydrogen (secondary N) is 1. The fourth-order valence-electron chi connectivity index (χ4n) is 1.90. The highest BCUT2D eigenvalue weighted by atomic mass is 32.2. The largest absolute Gasteiger partial charge is 0.357 e. The van der Waals surface area contributed by atoms with Crippen LogP contribution in [0.25, 0.3) is 0 Å². The van der Waals surface area contributed by atoms with E-state index < -0.39 is 0 Å². The zero-order valence-corrected chi connectivity index (χ0v) is 13.6. The van der Waals surface area contributed by atoms with Crippen molar-refractivity contribution in [3.05, 3.63) is 35.6 Å². The third-order valence-corrected chi connectivity index (χ3v) is 5.33. The molecule has 3 rings (SSSR count). The molecule has 0 amide bonds. The van der Waals surface area contributed by atoms with Crippen molar-refractivity contribution < 1.29 is 9.18 Å². The number of carbonyl (C=O) groups excluding carboxylic acids is 1. The molecule has 2 aromatic rings. The van der Waals surface area contributed by atoms with Gasteiger partial charge in [0.15, 0.2) is 10.1 Å². The van der Waals surface area contributed by atoms with Crippen LogP contribution in [0.1, 0.15) is 36.0 Å². The second-order valence-electron chi connectivity index (χ2n) is 5.17. The van der Waals surface area contributed by atoms with Gasteiger partial charge in [-0.1, -0.05) is 23.1 Å². The maximum Gasteiger partial charge on any atom is 0.206 e. The monoisotopic (exact) mass is 337 g/mol. The van der Waals surface area contributed by atoms with Crippen LogP contribution in [0.2, 0.25) is 0 Å². The maximum atomic E-state index is 12.8. The molecular weight excluding hydrogens is 321 g/mol. The molecule has 0 unspecified atom stereocenters. The topological polar surface area (TPSA) is 54.9 Å². The normalized spacial score (nSPS) is 14.0. The van der Waals surface area contributed by atoms with E-state index in [1.165, 1.54) is 37.1 Å². The number of hydrogen-bond donors (Lipinski definition) is 1. The predicted molar refractivity (Wildman–Crippen MR) is 87.2 cm³/mol. The predicted octanol–water partition coefficient (Wildman–Crippen LogP) is 4.01. The average Bonchev–Trinajstić information content (AvgIpc) is 3.21. The first-order chi connectivity index (χ1) is 10.7. The molecule has 1 aliphatic carbocycles. The number of hydrogen-bond acceptors (Lipinski definition) is 6. The Balaban J connectivity index is 1.38. The highest BCUT2D eigenvalue weighted by Crippen LogP contribution is 2.30. The van der Waals surface area contributed by atoms with E-state index in [9.17, 15) is 9.18 Å². The van der Waals surface area contributed by atoms with Crippen LogP contribution in [0, 0.1) is 5.82 Å². The van der Waals surface area contributed by atoms with Gasteiger partial charge in [-0.2, -0.15) is 0 Å². The van der Waals surface area contributed by atoms with Crippen molar-refractivity contribution in [2.45, 2.75) is 36.1 Å². The number of benzene rings is 1. The van der Waals surface area contributed by atoms with Gasteiger partial charge in [0.25, 0.3) is 0 Å². The Morgan fingerprint density at radius 3 is 2.82 bits per heavy atom. The zero-order chi connectivity index (χ0) is 15.4. The van der Waals surface area contributed by atoms with Gasteiger partial charge in [-0.15, -0.1) is 10.2 Å². The summed E-state index contributed by atoms with van der Waals surface area (Å²) in [5.74, 6) is 0.554. The highest BCUT2D eigenvalue weighted by molar-refractivity contribution is 8.01. The molecule has 1 aromatic heterocycles. The third-order valence-electron chi connectivity index (χ3n) is 3.25. The Hall–Kier alpha value is -1.47. The second-order valence-corrected chi connectivity index (χ2v) is 7.49.